The Labute approximate surface area is 189 Å². The highest BCUT2D eigenvalue weighted by molar-refractivity contribution is 5.99. The highest BCUT2D eigenvalue weighted by Crippen LogP contribution is 2.17. The van der Waals surface area contributed by atoms with Crippen molar-refractivity contribution < 1.29 is 4.74 Å². The highest BCUT2D eigenvalue weighted by atomic mass is 16.5. The lowest BCUT2D eigenvalue weighted by Gasteiger charge is -2.10. The maximum absolute atomic E-state index is 12.6. The minimum atomic E-state index is -0.127. The summed E-state index contributed by atoms with van der Waals surface area (Å²) in [5.41, 5.74) is 6.77. The third-order valence-corrected chi connectivity index (χ3v) is 5.36. The molecule has 0 aliphatic carbocycles. The number of benzene rings is 2. The van der Waals surface area contributed by atoms with Crippen LogP contribution in [-0.2, 0) is 13.7 Å². The Morgan fingerprint density at radius 3 is 2.79 bits per heavy atom. The number of imidazole rings is 1. The first kappa shape index (κ1) is 20.4. The van der Waals surface area contributed by atoms with Crippen LogP contribution in [-0.4, -0.2) is 24.6 Å². The smallest absolute Gasteiger partial charge is 0.262 e. The molecule has 0 fully saturated rings. The van der Waals surface area contributed by atoms with E-state index < -0.39 is 0 Å². The van der Waals surface area contributed by atoms with Crippen LogP contribution < -0.4 is 15.7 Å². The van der Waals surface area contributed by atoms with E-state index in [1.807, 2.05) is 84.4 Å². The van der Waals surface area contributed by atoms with Crippen molar-refractivity contribution in [1.82, 2.24) is 18.9 Å². The summed E-state index contributed by atoms with van der Waals surface area (Å²) < 4.78 is 9.37. The van der Waals surface area contributed by atoms with Crippen LogP contribution in [0.5, 0.6) is 5.75 Å². The van der Waals surface area contributed by atoms with E-state index in [0.29, 0.717) is 23.5 Å². The SMILES string of the molecule is C/C(=N\Nc1nc2ccccc2c(=O)n1C)c1cccc(OCc2cn3ccccc3n2)c1. The number of nitrogens with zero attached hydrogens (tertiary/aromatic N) is 5. The second-order valence-corrected chi connectivity index (χ2v) is 7.64. The summed E-state index contributed by atoms with van der Waals surface area (Å²) in [6, 6.07) is 20.8. The van der Waals surface area contributed by atoms with Crippen molar-refractivity contribution in [2.24, 2.45) is 12.1 Å². The van der Waals surface area contributed by atoms with E-state index >= 15 is 0 Å². The lowest BCUT2D eigenvalue weighted by Crippen LogP contribution is -2.21. The monoisotopic (exact) mass is 438 g/mol. The van der Waals surface area contributed by atoms with Gasteiger partial charge in [-0.15, -0.1) is 0 Å². The molecule has 164 valence electrons. The Kier molecular flexibility index (Phi) is 5.32. The lowest BCUT2D eigenvalue weighted by atomic mass is 10.1. The predicted molar refractivity (Wildman–Crippen MR) is 129 cm³/mol. The molecule has 0 saturated carbocycles. The van der Waals surface area contributed by atoms with Crippen molar-refractivity contribution in [3.63, 3.8) is 0 Å². The van der Waals surface area contributed by atoms with E-state index in [1.165, 1.54) is 4.57 Å². The first-order chi connectivity index (χ1) is 16.1. The van der Waals surface area contributed by atoms with Gasteiger partial charge in [0.15, 0.2) is 0 Å². The quantitative estimate of drug-likeness (QED) is 0.320. The number of pyridine rings is 1. The van der Waals surface area contributed by atoms with Crippen LogP contribution >= 0.6 is 0 Å². The second-order valence-electron chi connectivity index (χ2n) is 7.64. The number of anilines is 1. The number of nitrogens with one attached hydrogen (secondary N) is 1. The molecule has 2 aromatic carbocycles. The third kappa shape index (κ3) is 4.18. The molecule has 5 rings (SSSR count). The van der Waals surface area contributed by atoms with Gasteiger partial charge in [0, 0.05) is 25.0 Å². The number of hydrogen-bond donors (Lipinski definition) is 1. The van der Waals surface area contributed by atoms with Gasteiger partial charge in [-0.25, -0.2) is 15.4 Å². The van der Waals surface area contributed by atoms with Crippen LogP contribution in [0.3, 0.4) is 0 Å². The summed E-state index contributed by atoms with van der Waals surface area (Å²) in [6.45, 7) is 2.25. The molecule has 3 aromatic heterocycles. The molecule has 0 atom stereocenters. The zero-order valence-electron chi connectivity index (χ0n) is 18.3. The zero-order valence-corrected chi connectivity index (χ0v) is 18.3. The van der Waals surface area contributed by atoms with Crippen molar-refractivity contribution in [2.45, 2.75) is 13.5 Å². The molecule has 8 nitrogen and oxygen atoms in total. The number of para-hydroxylation sites is 1. The predicted octanol–water partition coefficient (Wildman–Crippen LogP) is 4.00. The molecule has 0 aliphatic heterocycles. The fourth-order valence-electron chi connectivity index (χ4n) is 3.54. The first-order valence-corrected chi connectivity index (χ1v) is 10.5. The Morgan fingerprint density at radius 2 is 1.91 bits per heavy atom. The van der Waals surface area contributed by atoms with Gasteiger partial charge in [0.1, 0.15) is 18.0 Å². The largest absolute Gasteiger partial charge is 0.487 e. The molecule has 3 heterocycles. The van der Waals surface area contributed by atoms with Gasteiger partial charge in [-0.3, -0.25) is 9.36 Å². The van der Waals surface area contributed by atoms with Crippen molar-refractivity contribution in [3.05, 3.63) is 101 Å². The van der Waals surface area contributed by atoms with Gasteiger partial charge in [-0.05, 0) is 43.3 Å². The molecule has 0 unspecified atom stereocenters. The molecule has 1 N–H and O–H groups in total. The van der Waals surface area contributed by atoms with E-state index in [4.69, 9.17) is 4.74 Å². The second kappa shape index (κ2) is 8.58. The molecular weight excluding hydrogens is 416 g/mol. The maximum Gasteiger partial charge on any atom is 0.262 e. The average Bonchev–Trinajstić information content (AvgIpc) is 3.27. The van der Waals surface area contributed by atoms with Crippen molar-refractivity contribution in [3.8, 4) is 5.75 Å². The number of rotatable bonds is 6. The van der Waals surface area contributed by atoms with Crippen LogP contribution in [0.1, 0.15) is 18.2 Å². The topological polar surface area (TPSA) is 85.8 Å². The lowest BCUT2D eigenvalue weighted by molar-refractivity contribution is 0.302. The number of fused-ring (bicyclic) bond motifs is 2. The fraction of sp³-hybridized carbons (Fsp3) is 0.120. The molecule has 0 radical (unpaired) electrons. The standard InChI is InChI=1S/C25H22N6O2/c1-17(28-29-25-27-22-11-4-3-10-21(22)24(32)30(25)2)18-8-7-9-20(14-18)33-16-19-15-31-13-6-5-12-23(31)26-19/h3-15H,16H2,1-2H3,(H,27,29)/b28-17+. The molecule has 0 amide bonds. The Bertz CT molecular complexity index is 1520. The van der Waals surface area contributed by atoms with E-state index in [1.54, 1.807) is 13.1 Å². The van der Waals surface area contributed by atoms with Gasteiger partial charge in [0.2, 0.25) is 5.95 Å². The normalized spacial score (nSPS) is 11.8. The molecule has 0 bridgehead atoms. The van der Waals surface area contributed by atoms with E-state index in [0.717, 1.165) is 28.4 Å². The van der Waals surface area contributed by atoms with Crippen molar-refractivity contribution in [1.29, 1.82) is 0 Å². The molecule has 0 saturated heterocycles. The van der Waals surface area contributed by atoms with Crippen molar-refractivity contribution >= 4 is 28.2 Å². The molecule has 8 heteroatoms. The average molecular weight is 438 g/mol. The van der Waals surface area contributed by atoms with Gasteiger partial charge in [-0.2, -0.15) is 5.10 Å². The number of hydrogen-bond acceptors (Lipinski definition) is 6. The van der Waals surface area contributed by atoms with Gasteiger partial charge in [-0.1, -0.05) is 30.3 Å². The molecule has 5 aromatic rings. The highest BCUT2D eigenvalue weighted by Gasteiger charge is 2.08. The van der Waals surface area contributed by atoms with Gasteiger partial charge in [0.05, 0.1) is 22.3 Å². The molecule has 0 spiro atoms. The summed E-state index contributed by atoms with van der Waals surface area (Å²) >= 11 is 0. The van der Waals surface area contributed by atoms with Crippen LogP contribution in [0.25, 0.3) is 16.6 Å². The summed E-state index contributed by atoms with van der Waals surface area (Å²) in [5.74, 6) is 1.09. The minimum Gasteiger partial charge on any atom is -0.487 e. The fourth-order valence-corrected chi connectivity index (χ4v) is 3.54. The summed E-state index contributed by atoms with van der Waals surface area (Å²) in [7, 11) is 1.67. The van der Waals surface area contributed by atoms with Crippen molar-refractivity contribution in [2.75, 3.05) is 5.43 Å². The molecule has 33 heavy (non-hydrogen) atoms. The number of aromatic nitrogens is 4. The third-order valence-electron chi connectivity index (χ3n) is 5.36. The van der Waals surface area contributed by atoms with Crippen LogP contribution in [0, 0.1) is 0 Å². The first-order valence-electron chi connectivity index (χ1n) is 10.5. The van der Waals surface area contributed by atoms with E-state index in [2.05, 4.69) is 20.5 Å². The summed E-state index contributed by atoms with van der Waals surface area (Å²) in [5, 5.41) is 5.01. The van der Waals surface area contributed by atoms with Gasteiger partial charge in [0.25, 0.3) is 5.56 Å². The van der Waals surface area contributed by atoms with Gasteiger partial charge >= 0.3 is 0 Å². The van der Waals surface area contributed by atoms with E-state index in [9.17, 15) is 4.79 Å². The van der Waals surface area contributed by atoms with Crippen LogP contribution in [0.15, 0.2) is 89.0 Å². The minimum absolute atomic E-state index is 0.127. The zero-order chi connectivity index (χ0) is 22.8. The summed E-state index contributed by atoms with van der Waals surface area (Å²) in [4.78, 5) is 21.6. The Balaban J connectivity index is 1.32. The van der Waals surface area contributed by atoms with E-state index in [-0.39, 0.29) is 5.56 Å². The maximum atomic E-state index is 12.6. The van der Waals surface area contributed by atoms with Crippen LogP contribution in [0.2, 0.25) is 0 Å². The molecular formula is C25H22N6O2. The molecule has 0 aliphatic rings. The number of ether oxygens (including phenoxy) is 1. The van der Waals surface area contributed by atoms with Gasteiger partial charge < -0.3 is 9.14 Å². The number of hydrazone groups is 1. The van der Waals surface area contributed by atoms with Crippen LogP contribution in [0.4, 0.5) is 5.95 Å². The Morgan fingerprint density at radius 1 is 1.06 bits per heavy atom. The Hall–Kier alpha value is -4.46. The summed E-state index contributed by atoms with van der Waals surface area (Å²) in [6.07, 6.45) is 3.91.